The number of rotatable bonds is 11. The molecule has 1 N–H and O–H groups in total. The number of ether oxygens (including phenoxy) is 2. The number of alkyl halides is 3. The first-order valence-corrected chi connectivity index (χ1v) is 19.2. The molecule has 0 heterocycles. The van der Waals surface area contributed by atoms with Crippen molar-refractivity contribution in [3.05, 3.63) is 0 Å². The molecule has 5 aliphatic carbocycles. The lowest BCUT2D eigenvalue weighted by atomic mass is 9.44. The molecule has 5 rings (SSSR count). The van der Waals surface area contributed by atoms with Crippen molar-refractivity contribution in [3.8, 4) is 0 Å². The Balaban J connectivity index is 1.11. The predicted molar refractivity (Wildman–Crippen MR) is 168 cm³/mol. The number of fused-ring (bicyclic) bond motifs is 5. The molecule has 11 atom stereocenters. The topological polar surface area (TPSA) is 158 Å². The molecule has 0 bridgehead atoms. The van der Waals surface area contributed by atoms with Crippen LogP contribution in [0.5, 0.6) is 0 Å². The van der Waals surface area contributed by atoms with Crippen molar-refractivity contribution in [1.29, 1.82) is 0 Å². The second kappa shape index (κ2) is 14.0. The van der Waals surface area contributed by atoms with Gasteiger partial charge in [0.25, 0.3) is 0 Å². The van der Waals surface area contributed by atoms with E-state index in [1.54, 1.807) is 0 Å². The van der Waals surface area contributed by atoms with Gasteiger partial charge in [-0.2, -0.15) is 17.2 Å². The maximum Gasteiger partial charge on any atom is 0.400 e. The fraction of sp³-hybridized carbons (Fsp3) is 0.857. The summed E-state index contributed by atoms with van der Waals surface area (Å²) in [7, 11) is -5.96. The lowest BCUT2D eigenvalue weighted by molar-refractivity contribution is -0.166. The third kappa shape index (κ3) is 7.10. The van der Waals surface area contributed by atoms with Gasteiger partial charge < -0.3 is 9.47 Å². The van der Waals surface area contributed by atoms with Gasteiger partial charge >= 0.3 is 27.3 Å². The Morgan fingerprint density at radius 3 is 2.43 bits per heavy atom. The standard InChI is InChI=1S/C35H49F3O10S/c1-19(7-10-30(42)48-23-6-4-5-20(15-23)32(43)47-14-12-28(36)35(37,38)49(44,45)46)24-8-9-25-31-26(18-29(41)34(24,25)3)33(2)13-11-22(39)16-21(33)17-27(31)40/h19-21,23-26,28,31H,4-18H2,1-3H3,(H,44,45,46)/t19-,20?,21+,23?,24-,25+,26+,28?,31+,33+,34-/m1/s1. The fourth-order valence-electron chi connectivity index (χ4n) is 10.4. The van der Waals surface area contributed by atoms with Crippen molar-refractivity contribution in [2.75, 3.05) is 6.61 Å². The van der Waals surface area contributed by atoms with E-state index >= 15 is 0 Å². The molecule has 0 aromatic rings. The molecule has 49 heavy (non-hydrogen) atoms. The number of carbonyl (C=O) groups excluding carboxylic acids is 5. The zero-order valence-corrected chi connectivity index (χ0v) is 29.3. The molecule has 5 saturated carbocycles. The van der Waals surface area contributed by atoms with E-state index in [9.17, 15) is 45.6 Å². The first-order chi connectivity index (χ1) is 22.8. The van der Waals surface area contributed by atoms with Crippen molar-refractivity contribution < 1.29 is 59.6 Å². The van der Waals surface area contributed by atoms with Crippen LogP contribution in [0.3, 0.4) is 0 Å². The van der Waals surface area contributed by atoms with E-state index in [4.69, 9.17) is 14.0 Å². The molecule has 0 saturated heterocycles. The Labute approximate surface area is 285 Å². The highest BCUT2D eigenvalue weighted by Gasteiger charge is 2.66. The van der Waals surface area contributed by atoms with Gasteiger partial charge in [0, 0.05) is 49.9 Å². The molecule has 5 fully saturated rings. The van der Waals surface area contributed by atoms with Crippen LogP contribution in [0.1, 0.15) is 111 Å². The molecule has 276 valence electrons. The number of halogens is 3. The van der Waals surface area contributed by atoms with Gasteiger partial charge in [0.15, 0.2) is 6.17 Å². The minimum absolute atomic E-state index is 0.0115. The number of Topliss-reactive ketones (excluding diaryl/α,β-unsaturated/α-hetero) is 3. The summed E-state index contributed by atoms with van der Waals surface area (Å²) < 4.78 is 81.0. The zero-order valence-electron chi connectivity index (χ0n) is 28.5. The molecule has 0 amide bonds. The van der Waals surface area contributed by atoms with Crippen molar-refractivity contribution in [1.82, 2.24) is 0 Å². The van der Waals surface area contributed by atoms with Gasteiger partial charge in [0.2, 0.25) is 0 Å². The first-order valence-electron chi connectivity index (χ1n) is 17.7. The summed E-state index contributed by atoms with van der Waals surface area (Å²) in [5.41, 5.74) is -0.845. The second-order valence-corrected chi connectivity index (χ2v) is 17.4. The Bertz CT molecular complexity index is 1450. The van der Waals surface area contributed by atoms with Crippen molar-refractivity contribution in [2.24, 2.45) is 52.3 Å². The largest absolute Gasteiger partial charge is 0.465 e. The number of ketones is 3. The molecule has 14 heteroatoms. The predicted octanol–water partition coefficient (Wildman–Crippen LogP) is 5.84. The normalized spacial score (nSPS) is 37.8. The molecule has 0 aromatic carbocycles. The summed E-state index contributed by atoms with van der Waals surface area (Å²) in [6.07, 6.45) is 1.20. The molecule has 3 unspecified atom stereocenters. The van der Waals surface area contributed by atoms with E-state index in [1.165, 1.54) is 0 Å². The average Bonchev–Trinajstić information content (AvgIpc) is 3.39. The van der Waals surface area contributed by atoms with Crippen LogP contribution in [0.2, 0.25) is 0 Å². The van der Waals surface area contributed by atoms with E-state index in [0.29, 0.717) is 51.4 Å². The lowest BCUT2D eigenvalue weighted by Gasteiger charge is -2.58. The number of carbonyl (C=O) groups is 5. The van der Waals surface area contributed by atoms with Gasteiger partial charge in [0.1, 0.15) is 23.5 Å². The molecular weight excluding hydrogens is 669 g/mol. The van der Waals surface area contributed by atoms with Gasteiger partial charge in [-0.1, -0.05) is 20.8 Å². The van der Waals surface area contributed by atoms with E-state index in [1.807, 2.05) is 13.8 Å². The molecular formula is C35H49F3O10S. The van der Waals surface area contributed by atoms with Crippen molar-refractivity contribution in [2.45, 2.75) is 128 Å². The van der Waals surface area contributed by atoms with Gasteiger partial charge in [-0.25, -0.2) is 4.39 Å². The van der Waals surface area contributed by atoms with Crippen molar-refractivity contribution in [3.63, 3.8) is 0 Å². The van der Waals surface area contributed by atoms with E-state index in [0.717, 1.165) is 19.3 Å². The highest BCUT2D eigenvalue weighted by molar-refractivity contribution is 7.86. The average molecular weight is 719 g/mol. The van der Waals surface area contributed by atoms with Crippen LogP contribution in [0.25, 0.3) is 0 Å². The summed E-state index contributed by atoms with van der Waals surface area (Å²) in [4.78, 5) is 65.3. The van der Waals surface area contributed by atoms with E-state index in [2.05, 4.69) is 6.92 Å². The quantitative estimate of drug-likeness (QED) is 0.203. The third-order valence-electron chi connectivity index (χ3n) is 13.3. The van der Waals surface area contributed by atoms with Gasteiger partial charge in [-0.15, -0.1) is 0 Å². The summed E-state index contributed by atoms with van der Waals surface area (Å²) >= 11 is 0. The van der Waals surface area contributed by atoms with Crippen molar-refractivity contribution >= 4 is 39.4 Å². The molecule has 0 spiro atoms. The summed E-state index contributed by atoms with van der Waals surface area (Å²) in [6.45, 7) is 5.43. The SMILES string of the molecule is C[C@H](CCC(=O)OC1CCCC(C(=O)OCCC(F)C(F)(F)S(=O)(=O)O)C1)[C@H]1CC[C@H]2[C@@H]3C(=O)C[C@@H]4CC(=O)CC[C@]4(C)[C@H]3CC(=O)[C@]12C. The van der Waals surface area contributed by atoms with Crippen LogP contribution >= 0.6 is 0 Å². The second-order valence-electron chi connectivity index (χ2n) is 15.9. The Morgan fingerprint density at radius 1 is 1.02 bits per heavy atom. The lowest BCUT2D eigenvalue weighted by Crippen LogP contribution is -2.60. The molecule has 0 aliphatic heterocycles. The van der Waals surface area contributed by atoms with E-state index in [-0.39, 0.29) is 71.1 Å². The third-order valence-corrected chi connectivity index (χ3v) is 14.2. The van der Waals surface area contributed by atoms with Gasteiger partial charge in [-0.3, -0.25) is 28.5 Å². The van der Waals surface area contributed by atoms with Crippen LogP contribution in [0, 0.1) is 52.3 Å². The van der Waals surface area contributed by atoms with Crippen LogP contribution in [0.4, 0.5) is 13.2 Å². The number of hydrogen-bond donors (Lipinski definition) is 1. The van der Waals surface area contributed by atoms with E-state index < -0.39 is 63.9 Å². The van der Waals surface area contributed by atoms with Crippen LogP contribution in [-0.2, 0) is 43.6 Å². The fourth-order valence-corrected chi connectivity index (χ4v) is 10.8. The van der Waals surface area contributed by atoms with Gasteiger partial charge in [-0.05, 0) is 86.4 Å². The number of hydrogen-bond acceptors (Lipinski definition) is 9. The smallest absolute Gasteiger partial charge is 0.400 e. The molecule has 0 radical (unpaired) electrons. The maximum absolute atomic E-state index is 14.0. The highest BCUT2D eigenvalue weighted by Crippen LogP contribution is 2.66. The van der Waals surface area contributed by atoms with Crippen LogP contribution in [-0.4, -0.2) is 66.4 Å². The first kappa shape index (κ1) is 37.9. The molecule has 5 aliphatic rings. The summed E-state index contributed by atoms with van der Waals surface area (Å²) in [5.74, 6) is -1.57. The molecule has 10 nitrogen and oxygen atoms in total. The van der Waals surface area contributed by atoms with Gasteiger partial charge in [0.05, 0.1) is 12.5 Å². The summed E-state index contributed by atoms with van der Waals surface area (Å²) in [6, 6.07) is 0. The number of esters is 2. The Hall–Kier alpha value is -2.35. The highest BCUT2D eigenvalue weighted by atomic mass is 32.2. The Morgan fingerprint density at radius 2 is 1.73 bits per heavy atom. The maximum atomic E-state index is 14.0. The minimum atomic E-state index is -5.96. The van der Waals surface area contributed by atoms with Crippen LogP contribution < -0.4 is 0 Å². The molecule has 0 aromatic heterocycles. The minimum Gasteiger partial charge on any atom is -0.465 e. The van der Waals surface area contributed by atoms with Crippen LogP contribution in [0.15, 0.2) is 0 Å². The zero-order chi connectivity index (χ0) is 36.1. The summed E-state index contributed by atoms with van der Waals surface area (Å²) in [5, 5.41) is -5.03. The Kier molecular flexibility index (Phi) is 10.8. The monoisotopic (exact) mass is 718 g/mol.